The SMILES string of the molecule is Cc1nc(CC(O)c2ccc(Br)cc2F)cs1. The number of halogens is 2. The summed E-state index contributed by atoms with van der Waals surface area (Å²) in [5, 5.41) is 12.8. The highest BCUT2D eigenvalue weighted by atomic mass is 79.9. The van der Waals surface area contributed by atoms with Gasteiger partial charge >= 0.3 is 0 Å². The first-order valence-electron chi connectivity index (χ1n) is 5.10. The van der Waals surface area contributed by atoms with Crippen LogP contribution in [-0.4, -0.2) is 10.1 Å². The van der Waals surface area contributed by atoms with Crippen molar-refractivity contribution in [2.45, 2.75) is 19.4 Å². The molecule has 1 aromatic carbocycles. The van der Waals surface area contributed by atoms with Gasteiger partial charge in [0.15, 0.2) is 0 Å². The van der Waals surface area contributed by atoms with Crippen molar-refractivity contribution in [2.24, 2.45) is 0 Å². The number of aliphatic hydroxyl groups excluding tert-OH is 1. The minimum absolute atomic E-state index is 0.304. The van der Waals surface area contributed by atoms with E-state index >= 15 is 0 Å². The predicted molar refractivity (Wildman–Crippen MR) is 69.6 cm³/mol. The topological polar surface area (TPSA) is 33.1 Å². The van der Waals surface area contributed by atoms with Crippen LogP contribution in [0.3, 0.4) is 0 Å². The van der Waals surface area contributed by atoms with Crippen LogP contribution in [-0.2, 0) is 6.42 Å². The van der Waals surface area contributed by atoms with Gasteiger partial charge in [0.2, 0.25) is 0 Å². The van der Waals surface area contributed by atoms with E-state index in [9.17, 15) is 9.50 Å². The third-order valence-corrected chi connectivity index (χ3v) is 3.71. The van der Waals surface area contributed by atoms with E-state index in [0.717, 1.165) is 10.7 Å². The molecule has 1 heterocycles. The van der Waals surface area contributed by atoms with Crippen molar-refractivity contribution >= 4 is 27.3 Å². The molecule has 1 N–H and O–H groups in total. The number of nitrogens with zero attached hydrogens (tertiary/aromatic N) is 1. The second-order valence-electron chi connectivity index (χ2n) is 3.74. The van der Waals surface area contributed by atoms with Crippen molar-refractivity contribution in [1.82, 2.24) is 4.98 Å². The highest BCUT2D eigenvalue weighted by Gasteiger charge is 2.14. The summed E-state index contributed by atoms with van der Waals surface area (Å²) in [5.74, 6) is -0.404. The number of aryl methyl sites for hydroxylation is 1. The molecular weight excluding hydrogens is 305 g/mol. The van der Waals surface area contributed by atoms with Gasteiger partial charge in [0.1, 0.15) is 5.82 Å². The summed E-state index contributed by atoms with van der Waals surface area (Å²) in [5.41, 5.74) is 1.10. The van der Waals surface area contributed by atoms with Crippen molar-refractivity contribution in [2.75, 3.05) is 0 Å². The van der Waals surface area contributed by atoms with Gasteiger partial charge in [-0.05, 0) is 19.1 Å². The van der Waals surface area contributed by atoms with Crippen LogP contribution in [0, 0.1) is 12.7 Å². The average Bonchev–Trinajstić information content (AvgIpc) is 2.63. The summed E-state index contributed by atoms with van der Waals surface area (Å²) in [6.07, 6.45) is -0.521. The van der Waals surface area contributed by atoms with E-state index in [0.29, 0.717) is 16.5 Å². The lowest BCUT2D eigenvalue weighted by Gasteiger charge is -2.10. The quantitative estimate of drug-likeness (QED) is 0.938. The third-order valence-electron chi connectivity index (χ3n) is 2.39. The standard InChI is InChI=1S/C12H11BrFNOS/c1-7-15-9(6-17-7)5-12(16)10-3-2-8(13)4-11(10)14/h2-4,6,12,16H,5H2,1H3. The highest BCUT2D eigenvalue weighted by Crippen LogP contribution is 2.24. The Morgan fingerprint density at radius 1 is 1.53 bits per heavy atom. The first kappa shape index (κ1) is 12.7. The molecule has 17 heavy (non-hydrogen) atoms. The molecule has 1 atom stereocenters. The van der Waals surface area contributed by atoms with Gasteiger partial charge < -0.3 is 5.11 Å². The van der Waals surface area contributed by atoms with Crippen LogP contribution in [0.15, 0.2) is 28.1 Å². The van der Waals surface area contributed by atoms with Crippen molar-refractivity contribution in [3.63, 3.8) is 0 Å². The average molecular weight is 316 g/mol. The second kappa shape index (κ2) is 5.25. The molecule has 0 spiro atoms. The fraction of sp³-hybridized carbons (Fsp3) is 0.250. The lowest BCUT2D eigenvalue weighted by molar-refractivity contribution is 0.172. The molecule has 0 saturated carbocycles. The van der Waals surface area contributed by atoms with Gasteiger partial charge in [-0.15, -0.1) is 11.3 Å². The van der Waals surface area contributed by atoms with Crippen LogP contribution in [0.25, 0.3) is 0 Å². The molecular formula is C12H11BrFNOS. The van der Waals surface area contributed by atoms with Gasteiger partial charge in [-0.3, -0.25) is 0 Å². The van der Waals surface area contributed by atoms with Crippen LogP contribution in [0.2, 0.25) is 0 Å². The third kappa shape index (κ3) is 3.12. The maximum atomic E-state index is 13.6. The largest absolute Gasteiger partial charge is 0.388 e. The molecule has 0 fully saturated rings. The van der Waals surface area contributed by atoms with Crippen LogP contribution >= 0.6 is 27.3 Å². The van der Waals surface area contributed by atoms with Crippen molar-refractivity contribution < 1.29 is 9.50 Å². The Morgan fingerprint density at radius 3 is 2.88 bits per heavy atom. The van der Waals surface area contributed by atoms with Gasteiger partial charge in [-0.2, -0.15) is 0 Å². The zero-order chi connectivity index (χ0) is 12.4. The van der Waals surface area contributed by atoms with E-state index in [1.807, 2.05) is 12.3 Å². The van der Waals surface area contributed by atoms with Crippen LogP contribution in [0.1, 0.15) is 22.4 Å². The molecule has 5 heteroatoms. The summed E-state index contributed by atoms with van der Waals surface area (Å²) in [6.45, 7) is 1.90. The Morgan fingerprint density at radius 2 is 2.29 bits per heavy atom. The van der Waals surface area contributed by atoms with Crippen LogP contribution in [0.4, 0.5) is 4.39 Å². The van der Waals surface area contributed by atoms with Gasteiger partial charge in [0, 0.05) is 21.8 Å². The second-order valence-corrected chi connectivity index (χ2v) is 5.72. The van der Waals surface area contributed by atoms with E-state index in [1.54, 1.807) is 12.1 Å². The monoisotopic (exact) mass is 315 g/mol. The minimum atomic E-state index is -0.857. The number of thiazole rings is 1. The molecule has 1 aromatic heterocycles. The molecule has 2 nitrogen and oxygen atoms in total. The summed E-state index contributed by atoms with van der Waals surface area (Å²) in [4.78, 5) is 4.25. The zero-order valence-corrected chi connectivity index (χ0v) is 11.6. The number of aliphatic hydroxyl groups is 1. The fourth-order valence-electron chi connectivity index (χ4n) is 1.58. The number of rotatable bonds is 3. The Hall–Kier alpha value is -0.780. The Balaban J connectivity index is 2.17. The molecule has 0 aliphatic rings. The summed E-state index contributed by atoms with van der Waals surface area (Å²) in [6, 6.07) is 4.65. The van der Waals surface area contributed by atoms with Crippen LogP contribution < -0.4 is 0 Å². The smallest absolute Gasteiger partial charge is 0.130 e. The molecule has 2 aromatic rings. The first-order valence-corrected chi connectivity index (χ1v) is 6.77. The molecule has 0 aliphatic heterocycles. The maximum Gasteiger partial charge on any atom is 0.130 e. The molecule has 1 unspecified atom stereocenters. The molecule has 90 valence electrons. The van der Waals surface area contributed by atoms with Crippen molar-refractivity contribution in [3.05, 3.63) is 50.1 Å². The summed E-state index contributed by atoms with van der Waals surface area (Å²) >= 11 is 4.71. The molecule has 0 bridgehead atoms. The van der Waals surface area contributed by atoms with Gasteiger partial charge in [0.25, 0.3) is 0 Å². The number of aromatic nitrogens is 1. The lowest BCUT2D eigenvalue weighted by Crippen LogP contribution is -2.04. The van der Waals surface area contributed by atoms with E-state index in [4.69, 9.17) is 0 Å². The predicted octanol–water partition coefficient (Wildman–Crippen LogP) is 3.63. The van der Waals surface area contributed by atoms with E-state index < -0.39 is 11.9 Å². The van der Waals surface area contributed by atoms with Crippen molar-refractivity contribution in [1.29, 1.82) is 0 Å². The number of hydrogen-bond acceptors (Lipinski definition) is 3. The number of benzene rings is 1. The molecule has 0 saturated heterocycles. The molecule has 2 rings (SSSR count). The Kier molecular flexibility index (Phi) is 3.91. The Labute approximate surface area is 111 Å². The van der Waals surface area contributed by atoms with E-state index in [1.165, 1.54) is 17.4 Å². The van der Waals surface area contributed by atoms with Gasteiger partial charge in [0.05, 0.1) is 16.8 Å². The molecule has 0 amide bonds. The number of hydrogen-bond donors (Lipinski definition) is 1. The Bertz CT molecular complexity index is 529. The van der Waals surface area contributed by atoms with Gasteiger partial charge in [-0.1, -0.05) is 22.0 Å². The summed E-state index contributed by atoms with van der Waals surface area (Å²) in [7, 11) is 0. The van der Waals surface area contributed by atoms with Gasteiger partial charge in [-0.25, -0.2) is 9.37 Å². The lowest BCUT2D eigenvalue weighted by atomic mass is 10.0. The fourth-order valence-corrected chi connectivity index (χ4v) is 2.54. The molecule has 0 radical (unpaired) electrons. The van der Waals surface area contributed by atoms with E-state index in [2.05, 4.69) is 20.9 Å². The normalized spacial score (nSPS) is 12.7. The maximum absolute atomic E-state index is 13.6. The molecule has 0 aliphatic carbocycles. The van der Waals surface area contributed by atoms with Crippen molar-refractivity contribution in [3.8, 4) is 0 Å². The van der Waals surface area contributed by atoms with Crippen LogP contribution in [0.5, 0.6) is 0 Å². The zero-order valence-electron chi connectivity index (χ0n) is 9.15. The van der Waals surface area contributed by atoms with E-state index in [-0.39, 0.29) is 0 Å². The first-order chi connectivity index (χ1) is 8.06. The summed E-state index contributed by atoms with van der Waals surface area (Å²) < 4.78 is 14.3. The highest BCUT2D eigenvalue weighted by molar-refractivity contribution is 9.10. The minimum Gasteiger partial charge on any atom is -0.388 e.